The maximum Gasteiger partial charge on any atom is 0.0139 e. The summed E-state index contributed by atoms with van der Waals surface area (Å²) in [4.78, 5) is 0. The molecule has 1 unspecified atom stereocenters. The average Bonchev–Trinajstić information content (AvgIpc) is 2.37. The molecule has 1 saturated heterocycles. The SMILES string of the molecule is CC1(C)CC(NCC(C)(C)c2ccccc2)CCN1. The number of rotatable bonds is 4. The zero-order valence-electron chi connectivity index (χ0n) is 12.8. The third-order valence-corrected chi connectivity index (χ3v) is 4.24. The fourth-order valence-electron chi connectivity index (χ4n) is 2.94. The number of benzene rings is 1. The van der Waals surface area contributed by atoms with E-state index >= 15 is 0 Å². The minimum Gasteiger partial charge on any atom is -0.313 e. The molecule has 1 atom stereocenters. The molecule has 0 spiro atoms. The van der Waals surface area contributed by atoms with Gasteiger partial charge in [-0.1, -0.05) is 44.2 Å². The van der Waals surface area contributed by atoms with Crippen LogP contribution in [0, 0.1) is 0 Å². The number of piperidine rings is 1. The first-order chi connectivity index (χ1) is 8.89. The first-order valence-corrected chi connectivity index (χ1v) is 7.43. The van der Waals surface area contributed by atoms with E-state index in [1.807, 2.05) is 0 Å². The van der Waals surface area contributed by atoms with Crippen LogP contribution < -0.4 is 10.6 Å². The molecule has 19 heavy (non-hydrogen) atoms. The van der Waals surface area contributed by atoms with Gasteiger partial charge in [-0.25, -0.2) is 0 Å². The topological polar surface area (TPSA) is 24.1 Å². The van der Waals surface area contributed by atoms with Crippen LogP contribution in [0.1, 0.15) is 46.1 Å². The molecule has 0 saturated carbocycles. The van der Waals surface area contributed by atoms with Gasteiger partial charge in [0.1, 0.15) is 0 Å². The Morgan fingerprint density at radius 1 is 1.26 bits per heavy atom. The first-order valence-electron chi connectivity index (χ1n) is 7.43. The molecule has 1 aromatic carbocycles. The van der Waals surface area contributed by atoms with Gasteiger partial charge in [-0.2, -0.15) is 0 Å². The second-order valence-corrected chi connectivity index (χ2v) is 7.13. The summed E-state index contributed by atoms with van der Waals surface area (Å²) in [7, 11) is 0. The summed E-state index contributed by atoms with van der Waals surface area (Å²) in [5, 5.41) is 7.35. The van der Waals surface area contributed by atoms with Gasteiger partial charge in [0.05, 0.1) is 0 Å². The maximum absolute atomic E-state index is 3.78. The van der Waals surface area contributed by atoms with Gasteiger partial charge in [-0.15, -0.1) is 0 Å². The Morgan fingerprint density at radius 3 is 2.58 bits per heavy atom. The lowest BCUT2D eigenvalue weighted by atomic mass is 9.83. The molecule has 1 aliphatic heterocycles. The summed E-state index contributed by atoms with van der Waals surface area (Å²) < 4.78 is 0. The molecule has 106 valence electrons. The molecule has 0 bridgehead atoms. The second kappa shape index (κ2) is 5.64. The monoisotopic (exact) mass is 260 g/mol. The van der Waals surface area contributed by atoms with E-state index in [1.165, 1.54) is 18.4 Å². The van der Waals surface area contributed by atoms with Crippen molar-refractivity contribution in [3.8, 4) is 0 Å². The van der Waals surface area contributed by atoms with Crippen LogP contribution in [0.5, 0.6) is 0 Å². The van der Waals surface area contributed by atoms with Gasteiger partial charge in [0.15, 0.2) is 0 Å². The predicted octanol–water partition coefficient (Wildman–Crippen LogP) is 3.08. The van der Waals surface area contributed by atoms with Gasteiger partial charge >= 0.3 is 0 Å². The molecule has 2 rings (SSSR count). The largest absolute Gasteiger partial charge is 0.313 e. The zero-order valence-corrected chi connectivity index (χ0v) is 12.8. The van der Waals surface area contributed by atoms with Crippen molar-refractivity contribution in [2.75, 3.05) is 13.1 Å². The molecule has 0 aromatic heterocycles. The van der Waals surface area contributed by atoms with Crippen molar-refractivity contribution in [2.24, 2.45) is 0 Å². The molecular weight excluding hydrogens is 232 g/mol. The van der Waals surface area contributed by atoms with Crippen molar-refractivity contribution >= 4 is 0 Å². The fourth-order valence-corrected chi connectivity index (χ4v) is 2.94. The normalized spacial score (nSPS) is 23.3. The molecule has 0 aliphatic carbocycles. The van der Waals surface area contributed by atoms with E-state index in [0.717, 1.165) is 13.1 Å². The summed E-state index contributed by atoms with van der Waals surface area (Å²) in [5.41, 5.74) is 1.87. The van der Waals surface area contributed by atoms with Crippen LogP contribution >= 0.6 is 0 Å². The van der Waals surface area contributed by atoms with E-state index in [-0.39, 0.29) is 11.0 Å². The quantitative estimate of drug-likeness (QED) is 0.869. The van der Waals surface area contributed by atoms with Crippen molar-refractivity contribution in [2.45, 2.75) is 57.5 Å². The van der Waals surface area contributed by atoms with Crippen molar-refractivity contribution in [1.82, 2.24) is 10.6 Å². The predicted molar refractivity (Wildman–Crippen MR) is 82.6 cm³/mol. The van der Waals surface area contributed by atoms with E-state index in [1.54, 1.807) is 0 Å². The Morgan fingerprint density at radius 2 is 1.95 bits per heavy atom. The lowest BCUT2D eigenvalue weighted by Crippen LogP contribution is -2.53. The number of hydrogen-bond acceptors (Lipinski definition) is 2. The molecule has 1 aromatic rings. The van der Waals surface area contributed by atoms with Gasteiger partial charge in [0.2, 0.25) is 0 Å². The van der Waals surface area contributed by atoms with Crippen LogP contribution in [0.4, 0.5) is 0 Å². The summed E-state index contributed by atoms with van der Waals surface area (Å²) in [6, 6.07) is 11.4. The van der Waals surface area contributed by atoms with Crippen LogP contribution in [0.25, 0.3) is 0 Å². The Bertz CT molecular complexity index is 395. The van der Waals surface area contributed by atoms with Gasteiger partial charge in [0.25, 0.3) is 0 Å². The van der Waals surface area contributed by atoms with E-state index < -0.39 is 0 Å². The smallest absolute Gasteiger partial charge is 0.0139 e. The molecule has 1 aliphatic rings. The number of nitrogens with one attached hydrogen (secondary N) is 2. The highest BCUT2D eigenvalue weighted by molar-refractivity contribution is 5.23. The van der Waals surface area contributed by atoms with Crippen molar-refractivity contribution < 1.29 is 0 Å². The third-order valence-electron chi connectivity index (χ3n) is 4.24. The minimum atomic E-state index is 0.191. The zero-order chi connectivity index (χ0) is 13.9. The highest BCUT2D eigenvalue weighted by Crippen LogP contribution is 2.24. The molecular formula is C17H28N2. The third kappa shape index (κ3) is 4.05. The van der Waals surface area contributed by atoms with Gasteiger partial charge in [0, 0.05) is 23.5 Å². The second-order valence-electron chi connectivity index (χ2n) is 7.13. The lowest BCUT2D eigenvalue weighted by molar-refractivity contribution is 0.240. The maximum atomic E-state index is 3.78. The van der Waals surface area contributed by atoms with Crippen LogP contribution in [0.3, 0.4) is 0 Å². The average molecular weight is 260 g/mol. The van der Waals surface area contributed by atoms with E-state index in [2.05, 4.69) is 68.7 Å². The van der Waals surface area contributed by atoms with E-state index in [9.17, 15) is 0 Å². The lowest BCUT2D eigenvalue weighted by Gasteiger charge is -2.38. The summed E-state index contributed by atoms with van der Waals surface area (Å²) in [6.07, 6.45) is 2.44. The van der Waals surface area contributed by atoms with Crippen LogP contribution in [-0.4, -0.2) is 24.7 Å². The standard InChI is InChI=1S/C17H28N2/c1-16(2,14-8-6-5-7-9-14)13-18-15-10-11-19-17(3,4)12-15/h5-9,15,18-19H,10-13H2,1-4H3. The highest BCUT2D eigenvalue weighted by Gasteiger charge is 2.29. The van der Waals surface area contributed by atoms with Crippen molar-refractivity contribution in [3.05, 3.63) is 35.9 Å². The Labute approximate surface area is 118 Å². The molecule has 0 amide bonds. The van der Waals surface area contributed by atoms with Crippen molar-refractivity contribution in [3.63, 3.8) is 0 Å². The van der Waals surface area contributed by atoms with Crippen LogP contribution in [-0.2, 0) is 5.41 Å². The van der Waals surface area contributed by atoms with Crippen molar-refractivity contribution in [1.29, 1.82) is 0 Å². The Kier molecular flexibility index (Phi) is 4.32. The molecule has 2 heteroatoms. The van der Waals surface area contributed by atoms with E-state index in [0.29, 0.717) is 6.04 Å². The Balaban J connectivity index is 1.91. The summed E-state index contributed by atoms with van der Waals surface area (Å²) in [6.45, 7) is 11.4. The van der Waals surface area contributed by atoms with Gasteiger partial charge in [-0.3, -0.25) is 0 Å². The van der Waals surface area contributed by atoms with Gasteiger partial charge in [-0.05, 0) is 38.8 Å². The minimum absolute atomic E-state index is 0.191. The van der Waals surface area contributed by atoms with Gasteiger partial charge < -0.3 is 10.6 Å². The van der Waals surface area contributed by atoms with Crippen LogP contribution in [0.2, 0.25) is 0 Å². The highest BCUT2D eigenvalue weighted by atomic mass is 15.0. The summed E-state index contributed by atoms with van der Waals surface area (Å²) in [5.74, 6) is 0. The molecule has 0 radical (unpaired) electrons. The Hall–Kier alpha value is -0.860. The molecule has 1 fully saturated rings. The molecule has 2 nitrogen and oxygen atoms in total. The van der Waals surface area contributed by atoms with Crippen LogP contribution in [0.15, 0.2) is 30.3 Å². The fraction of sp³-hybridized carbons (Fsp3) is 0.647. The first kappa shape index (κ1) is 14.5. The summed E-state index contributed by atoms with van der Waals surface area (Å²) >= 11 is 0. The molecule has 1 heterocycles. The number of hydrogen-bond donors (Lipinski definition) is 2. The molecule has 2 N–H and O–H groups in total. The van der Waals surface area contributed by atoms with E-state index in [4.69, 9.17) is 0 Å².